The molecule has 1 aliphatic carbocycles. The highest BCUT2D eigenvalue weighted by Crippen LogP contribution is 2.40. The van der Waals surface area contributed by atoms with Crippen LogP contribution in [0.1, 0.15) is 30.9 Å². The first kappa shape index (κ1) is 18.8. The summed E-state index contributed by atoms with van der Waals surface area (Å²) in [6.07, 6.45) is -4.70. The molecule has 2 rings (SSSR count). The Morgan fingerprint density at radius 1 is 1.44 bits per heavy atom. The van der Waals surface area contributed by atoms with Gasteiger partial charge in [-0.2, -0.15) is 18.4 Å². The lowest BCUT2D eigenvalue weighted by Gasteiger charge is -2.40. The standard InChI is InChI=1S/C16H17F4N3O2/c1-8(11-2-10(3-11)7-22-15(24)25)23-13-5-9(6-21)4-12(17)14(13)16(18,19)20/h4-5,8,10-11,22-23H,2-3,7H2,1H3,(H,24,25)/t8-,10?,11?/m0/s1. The first-order valence-electron chi connectivity index (χ1n) is 7.66. The predicted molar refractivity (Wildman–Crippen MR) is 81.4 cm³/mol. The molecule has 9 heteroatoms. The third kappa shape index (κ3) is 4.53. The van der Waals surface area contributed by atoms with E-state index in [4.69, 9.17) is 10.4 Å². The van der Waals surface area contributed by atoms with Crippen molar-refractivity contribution >= 4 is 11.8 Å². The van der Waals surface area contributed by atoms with Crippen LogP contribution in [0.4, 0.5) is 28.0 Å². The first-order chi connectivity index (χ1) is 11.6. The highest BCUT2D eigenvalue weighted by molar-refractivity contribution is 5.64. The van der Waals surface area contributed by atoms with Crippen LogP contribution in [0.15, 0.2) is 12.1 Å². The Labute approximate surface area is 141 Å². The van der Waals surface area contributed by atoms with Crippen LogP contribution in [0.2, 0.25) is 0 Å². The Bertz CT molecular complexity index is 694. The molecule has 1 fully saturated rings. The van der Waals surface area contributed by atoms with Crippen molar-refractivity contribution in [2.45, 2.75) is 32.0 Å². The second-order valence-corrected chi connectivity index (χ2v) is 6.21. The molecule has 3 N–H and O–H groups in total. The van der Waals surface area contributed by atoms with Gasteiger partial charge in [0.25, 0.3) is 0 Å². The number of nitrogens with zero attached hydrogens (tertiary/aromatic N) is 1. The third-order valence-electron chi connectivity index (χ3n) is 4.41. The fourth-order valence-corrected chi connectivity index (χ4v) is 3.03. The van der Waals surface area contributed by atoms with Gasteiger partial charge in [0.15, 0.2) is 0 Å². The zero-order chi connectivity index (χ0) is 18.8. The molecule has 0 heterocycles. The predicted octanol–water partition coefficient (Wildman–Crippen LogP) is 3.81. The van der Waals surface area contributed by atoms with Crippen molar-refractivity contribution in [3.63, 3.8) is 0 Å². The van der Waals surface area contributed by atoms with Crippen LogP contribution in [0.25, 0.3) is 0 Å². The van der Waals surface area contributed by atoms with Crippen LogP contribution in [0, 0.1) is 29.0 Å². The maximum atomic E-state index is 13.8. The highest BCUT2D eigenvalue weighted by Gasteiger charge is 2.39. The van der Waals surface area contributed by atoms with Gasteiger partial charge in [0.05, 0.1) is 17.3 Å². The number of alkyl halides is 3. The average molecular weight is 359 g/mol. The molecule has 136 valence electrons. The summed E-state index contributed by atoms with van der Waals surface area (Å²) in [5.74, 6) is -1.32. The summed E-state index contributed by atoms with van der Waals surface area (Å²) in [6.45, 7) is 1.98. The van der Waals surface area contributed by atoms with Crippen molar-refractivity contribution in [3.05, 3.63) is 29.1 Å². The van der Waals surface area contributed by atoms with Crippen molar-refractivity contribution in [1.29, 1.82) is 5.26 Å². The Hall–Kier alpha value is -2.50. The second kappa shape index (κ2) is 7.17. The minimum Gasteiger partial charge on any atom is -0.465 e. The van der Waals surface area contributed by atoms with E-state index in [2.05, 4.69) is 10.6 Å². The summed E-state index contributed by atoms with van der Waals surface area (Å²) in [6, 6.07) is 2.82. The minimum absolute atomic E-state index is 0.0375. The number of carboxylic acid groups (broad SMARTS) is 1. The van der Waals surface area contributed by atoms with E-state index in [9.17, 15) is 22.4 Å². The molecule has 0 aliphatic heterocycles. The molecule has 0 radical (unpaired) electrons. The Kier molecular flexibility index (Phi) is 5.40. The Morgan fingerprint density at radius 3 is 2.60 bits per heavy atom. The van der Waals surface area contributed by atoms with Crippen LogP contribution in [0.5, 0.6) is 0 Å². The number of hydrogen-bond donors (Lipinski definition) is 3. The summed E-state index contributed by atoms with van der Waals surface area (Å²) < 4.78 is 53.1. The Morgan fingerprint density at radius 2 is 2.08 bits per heavy atom. The van der Waals surface area contributed by atoms with Crippen molar-refractivity contribution < 1.29 is 27.5 Å². The van der Waals surface area contributed by atoms with Crippen molar-refractivity contribution in [1.82, 2.24) is 5.32 Å². The summed E-state index contributed by atoms with van der Waals surface area (Å²) >= 11 is 0. The fourth-order valence-electron chi connectivity index (χ4n) is 3.03. The molecule has 1 aliphatic rings. The number of nitriles is 1. The van der Waals surface area contributed by atoms with Gasteiger partial charge in [-0.05, 0) is 43.7 Å². The van der Waals surface area contributed by atoms with Gasteiger partial charge >= 0.3 is 12.3 Å². The summed E-state index contributed by atoms with van der Waals surface area (Å²) in [5.41, 5.74) is -2.07. The molecular weight excluding hydrogens is 342 g/mol. The number of benzene rings is 1. The summed E-state index contributed by atoms with van der Waals surface area (Å²) in [4.78, 5) is 10.4. The van der Waals surface area contributed by atoms with Gasteiger partial charge in [0.1, 0.15) is 11.4 Å². The highest BCUT2D eigenvalue weighted by atomic mass is 19.4. The zero-order valence-electron chi connectivity index (χ0n) is 13.3. The lowest BCUT2D eigenvalue weighted by molar-refractivity contribution is -0.139. The molecule has 0 bridgehead atoms. The molecule has 0 aromatic heterocycles. The van der Waals surface area contributed by atoms with Gasteiger partial charge in [0, 0.05) is 12.6 Å². The molecule has 1 saturated carbocycles. The van der Waals surface area contributed by atoms with Gasteiger partial charge in [-0.15, -0.1) is 0 Å². The maximum absolute atomic E-state index is 13.8. The molecule has 0 saturated heterocycles. The molecule has 0 spiro atoms. The fraction of sp³-hybridized carbons (Fsp3) is 0.500. The number of nitrogens with one attached hydrogen (secondary N) is 2. The van der Waals surface area contributed by atoms with Crippen LogP contribution in [-0.2, 0) is 6.18 Å². The monoisotopic (exact) mass is 359 g/mol. The van der Waals surface area contributed by atoms with Gasteiger partial charge in [-0.25, -0.2) is 9.18 Å². The summed E-state index contributed by atoms with van der Waals surface area (Å²) in [5, 5.41) is 22.3. The topological polar surface area (TPSA) is 85.2 Å². The van der Waals surface area contributed by atoms with Crippen molar-refractivity contribution in [2.75, 3.05) is 11.9 Å². The van der Waals surface area contributed by atoms with E-state index in [0.717, 1.165) is 6.07 Å². The summed E-state index contributed by atoms with van der Waals surface area (Å²) in [7, 11) is 0. The molecular formula is C16H17F4N3O2. The lowest BCUT2D eigenvalue weighted by Crippen LogP contribution is -2.41. The molecule has 0 unspecified atom stereocenters. The quantitative estimate of drug-likeness (QED) is 0.698. The van der Waals surface area contributed by atoms with Crippen LogP contribution < -0.4 is 10.6 Å². The Balaban J connectivity index is 2.08. The van der Waals surface area contributed by atoms with E-state index < -0.39 is 29.3 Å². The largest absolute Gasteiger partial charge is 0.465 e. The van der Waals surface area contributed by atoms with E-state index in [1.54, 1.807) is 13.0 Å². The molecule has 1 aromatic carbocycles. The van der Waals surface area contributed by atoms with Crippen molar-refractivity contribution in [2.24, 2.45) is 11.8 Å². The molecule has 5 nitrogen and oxygen atoms in total. The molecule has 25 heavy (non-hydrogen) atoms. The number of carbonyl (C=O) groups is 1. The number of halogens is 4. The second-order valence-electron chi connectivity index (χ2n) is 6.21. The number of anilines is 1. The van der Waals surface area contributed by atoms with E-state index in [0.29, 0.717) is 25.5 Å². The van der Waals surface area contributed by atoms with Gasteiger partial charge in [0.2, 0.25) is 0 Å². The van der Waals surface area contributed by atoms with Crippen LogP contribution in [0.3, 0.4) is 0 Å². The zero-order valence-corrected chi connectivity index (χ0v) is 13.3. The van der Waals surface area contributed by atoms with Gasteiger partial charge < -0.3 is 15.7 Å². The van der Waals surface area contributed by atoms with E-state index in [-0.39, 0.29) is 23.4 Å². The van der Waals surface area contributed by atoms with E-state index in [1.165, 1.54) is 0 Å². The normalized spacial score (nSPS) is 21.0. The molecule has 1 aromatic rings. The smallest absolute Gasteiger partial charge is 0.421 e. The van der Waals surface area contributed by atoms with Gasteiger partial charge in [-0.1, -0.05) is 0 Å². The maximum Gasteiger partial charge on any atom is 0.421 e. The SMILES string of the molecule is C[C@H](Nc1cc(C#N)cc(F)c1C(F)(F)F)C1CC(CNC(=O)O)C1. The average Bonchev–Trinajstić information content (AvgIpc) is 2.42. The minimum atomic E-state index is -4.88. The third-order valence-corrected chi connectivity index (χ3v) is 4.41. The van der Waals surface area contributed by atoms with E-state index in [1.807, 2.05) is 0 Å². The number of amides is 1. The molecule has 1 amide bonds. The van der Waals surface area contributed by atoms with Crippen LogP contribution in [-0.4, -0.2) is 23.8 Å². The van der Waals surface area contributed by atoms with E-state index >= 15 is 0 Å². The first-order valence-corrected chi connectivity index (χ1v) is 7.66. The lowest BCUT2D eigenvalue weighted by atomic mass is 9.71. The number of rotatable bonds is 5. The van der Waals surface area contributed by atoms with Crippen molar-refractivity contribution in [3.8, 4) is 6.07 Å². The van der Waals surface area contributed by atoms with Crippen LogP contribution >= 0.6 is 0 Å². The number of hydrogen-bond acceptors (Lipinski definition) is 3. The molecule has 1 atom stereocenters. The van der Waals surface area contributed by atoms with Gasteiger partial charge in [-0.3, -0.25) is 0 Å².